The lowest BCUT2D eigenvalue weighted by atomic mass is 10.1. The highest BCUT2D eigenvalue weighted by Gasteiger charge is 2.08. The molecule has 0 saturated heterocycles. The van der Waals surface area contributed by atoms with Crippen molar-refractivity contribution in [1.82, 2.24) is 9.97 Å². The highest BCUT2D eigenvalue weighted by atomic mass is 32.1. The van der Waals surface area contributed by atoms with Gasteiger partial charge in [0, 0.05) is 22.4 Å². The zero-order valence-electron chi connectivity index (χ0n) is 13.8. The summed E-state index contributed by atoms with van der Waals surface area (Å²) in [4.78, 5) is 19.4. The fourth-order valence-electron chi connectivity index (χ4n) is 2.57. The topological polar surface area (TPSA) is 69.8 Å². The van der Waals surface area contributed by atoms with Crippen LogP contribution in [-0.2, 0) is 0 Å². The number of para-hydroxylation sites is 1. The second-order valence-electron chi connectivity index (χ2n) is 5.68. The van der Waals surface area contributed by atoms with Crippen LogP contribution in [0.3, 0.4) is 0 Å². The van der Waals surface area contributed by atoms with E-state index in [0.29, 0.717) is 5.69 Å². The number of benzene rings is 2. The third-order valence-corrected chi connectivity index (χ3v) is 4.44. The van der Waals surface area contributed by atoms with Gasteiger partial charge in [-0.2, -0.15) is 0 Å². The van der Waals surface area contributed by atoms with Crippen LogP contribution in [0.5, 0.6) is 0 Å². The van der Waals surface area contributed by atoms with Gasteiger partial charge in [-0.05, 0) is 42.0 Å². The van der Waals surface area contributed by atoms with Crippen molar-refractivity contribution in [2.75, 3.05) is 10.6 Å². The SMILES string of the molecule is O=C(Nc1ccc(-c2ccc(Nc3ccccc3)[nH]2)cc1)c1cscn1. The number of nitrogens with one attached hydrogen (secondary N) is 3. The summed E-state index contributed by atoms with van der Waals surface area (Å²) in [5.74, 6) is 0.723. The van der Waals surface area contributed by atoms with Crippen LogP contribution in [0, 0.1) is 0 Å². The Morgan fingerprint density at radius 3 is 2.46 bits per heavy atom. The molecule has 4 aromatic rings. The molecular formula is C20H16N4OS. The zero-order chi connectivity index (χ0) is 17.8. The number of hydrogen-bond acceptors (Lipinski definition) is 4. The van der Waals surface area contributed by atoms with Gasteiger partial charge in [-0.25, -0.2) is 4.98 Å². The second kappa shape index (κ2) is 7.25. The molecule has 128 valence electrons. The lowest BCUT2D eigenvalue weighted by molar-refractivity contribution is 0.102. The number of amides is 1. The number of thiazole rings is 1. The molecule has 3 N–H and O–H groups in total. The molecule has 0 aliphatic heterocycles. The quantitative estimate of drug-likeness (QED) is 0.462. The fourth-order valence-corrected chi connectivity index (χ4v) is 3.10. The average molecular weight is 360 g/mol. The molecule has 2 aromatic heterocycles. The molecule has 1 amide bonds. The molecule has 6 heteroatoms. The van der Waals surface area contributed by atoms with Crippen molar-refractivity contribution in [3.8, 4) is 11.3 Å². The lowest BCUT2D eigenvalue weighted by Gasteiger charge is -2.05. The van der Waals surface area contributed by atoms with E-state index >= 15 is 0 Å². The maximum atomic E-state index is 12.0. The standard InChI is InChI=1S/C20H16N4OS/c25-20(18-12-26-13-21-18)23-16-8-6-14(7-9-16)17-10-11-19(24-17)22-15-4-2-1-3-5-15/h1-13,22,24H,(H,23,25). The average Bonchev–Trinajstić information content (AvgIpc) is 3.35. The number of nitrogens with zero attached hydrogens (tertiary/aromatic N) is 1. The van der Waals surface area contributed by atoms with Crippen LogP contribution < -0.4 is 10.6 Å². The summed E-state index contributed by atoms with van der Waals surface area (Å²) < 4.78 is 0. The minimum Gasteiger partial charge on any atom is -0.342 e. The van der Waals surface area contributed by atoms with Crippen LogP contribution in [0.25, 0.3) is 11.3 Å². The Balaban J connectivity index is 1.44. The number of hydrogen-bond donors (Lipinski definition) is 3. The number of aromatic nitrogens is 2. The number of H-pyrrole nitrogens is 1. The molecule has 0 bridgehead atoms. The molecule has 0 saturated carbocycles. The van der Waals surface area contributed by atoms with E-state index in [1.807, 2.05) is 66.7 Å². The Labute approximate surface area is 154 Å². The minimum absolute atomic E-state index is 0.201. The Morgan fingerprint density at radius 1 is 0.923 bits per heavy atom. The first-order valence-corrected chi connectivity index (χ1v) is 9.03. The summed E-state index contributed by atoms with van der Waals surface area (Å²) >= 11 is 1.40. The van der Waals surface area contributed by atoms with Gasteiger partial charge in [-0.1, -0.05) is 30.3 Å². The van der Waals surface area contributed by atoms with E-state index in [0.717, 1.165) is 28.5 Å². The molecule has 2 aromatic carbocycles. The van der Waals surface area contributed by atoms with Gasteiger partial charge in [-0.3, -0.25) is 4.79 Å². The predicted octanol–water partition coefficient (Wildman–Crippen LogP) is 5.13. The summed E-state index contributed by atoms with van der Waals surface area (Å²) in [5.41, 5.74) is 5.88. The van der Waals surface area contributed by atoms with Gasteiger partial charge in [0.25, 0.3) is 5.91 Å². The van der Waals surface area contributed by atoms with E-state index in [-0.39, 0.29) is 5.91 Å². The molecule has 26 heavy (non-hydrogen) atoms. The highest BCUT2D eigenvalue weighted by Crippen LogP contribution is 2.24. The maximum absolute atomic E-state index is 12.0. The Kier molecular flexibility index (Phi) is 4.49. The third kappa shape index (κ3) is 3.65. The van der Waals surface area contributed by atoms with Gasteiger partial charge in [0.2, 0.25) is 0 Å². The smallest absolute Gasteiger partial charge is 0.275 e. The summed E-state index contributed by atoms with van der Waals surface area (Å²) in [5, 5.41) is 7.90. The third-order valence-electron chi connectivity index (χ3n) is 3.86. The monoisotopic (exact) mass is 360 g/mol. The Morgan fingerprint density at radius 2 is 1.73 bits per heavy atom. The Bertz CT molecular complexity index is 992. The van der Waals surface area contributed by atoms with Crippen molar-refractivity contribution in [3.05, 3.63) is 83.3 Å². The lowest BCUT2D eigenvalue weighted by Crippen LogP contribution is -2.11. The summed E-state index contributed by atoms with van der Waals surface area (Å²) in [7, 11) is 0. The largest absolute Gasteiger partial charge is 0.342 e. The molecule has 0 spiro atoms. The van der Waals surface area contributed by atoms with Gasteiger partial charge < -0.3 is 15.6 Å². The Hall–Kier alpha value is -3.38. The number of carbonyl (C=O) groups excluding carboxylic acids is 1. The van der Waals surface area contributed by atoms with Gasteiger partial charge in [-0.15, -0.1) is 11.3 Å². The van der Waals surface area contributed by atoms with Gasteiger partial charge in [0.15, 0.2) is 0 Å². The van der Waals surface area contributed by atoms with Crippen LogP contribution in [-0.4, -0.2) is 15.9 Å². The molecule has 4 rings (SSSR count). The first kappa shape index (κ1) is 16.1. The highest BCUT2D eigenvalue weighted by molar-refractivity contribution is 7.07. The second-order valence-corrected chi connectivity index (χ2v) is 6.40. The number of carbonyl (C=O) groups is 1. The van der Waals surface area contributed by atoms with Crippen molar-refractivity contribution in [1.29, 1.82) is 0 Å². The van der Waals surface area contributed by atoms with E-state index in [4.69, 9.17) is 0 Å². The van der Waals surface area contributed by atoms with Crippen LogP contribution in [0.4, 0.5) is 17.2 Å². The van der Waals surface area contributed by atoms with Gasteiger partial charge >= 0.3 is 0 Å². The van der Waals surface area contributed by atoms with Crippen LogP contribution in [0.2, 0.25) is 0 Å². The maximum Gasteiger partial charge on any atom is 0.275 e. The first-order chi connectivity index (χ1) is 12.8. The van der Waals surface area contributed by atoms with Crippen LogP contribution in [0.15, 0.2) is 77.6 Å². The number of aromatic amines is 1. The minimum atomic E-state index is -0.201. The van der Waals surface area contributed by atoms with E-state index < -0.39 is 0 Å². The normalized spacial score (nSPS) is 10.5. The molecule has 0 unspecified atom stereocenters. The van der Waals surface area contributed by atoms with Crippen LogP contribution in [0.1, 0.15) is 10.5 Å². The van der Waals surface area contributed by atoms with E-state index in [1.165, 1.54) is 11.3 Å². The molecular weight excluding hydrogens is 344 g/mol. The van der Waals surface area contributed by atoms with Crippen molar-refractivity contribution >= 4 is 34.4 Å². The van der Waals surface area contributed by atoms with E-state index in [9.17, 15) is 4.79 Å². The fraction of sp³-hybridized carbons (Fsp3) is 0. The predicted molar refractivity (Wildman–Crippen MR) is 106 cm³/mol. The van der Waals surface area contributed by atoms with Gasteiger partial charge in [0.05, 0.1) is 5.51 Å². The van der Waals surface area contributed by atoms with Crippen LogP contribution >= 0.6 is 11.3 Å². The zero-order valence-corrected chi connectivity index (χ0v) is 14.6. The molecule has 0 atom stereocenters. The summed E-state index contributed by atoms with van der Waals surface area (Å²) in [6.45, 7) is 0. The molecule has 0 fully saturated rings. The number of rotatable bonds is 5. The van der Waals surface area contributed by atoms with Gasteiger partial charge in [0.1, 0.15) is 11.5 Å². The summed E-state index contributed by atoms with van der Waals surface area (Å²) in [6.07, 6.45) is 0. The van der Waals surface area contributed by atoms with Crippen molar-refractivity contribution in [3.63, 3.8) is 0 Å². The van der Waals surface area contributed by atoms with E-state index in [2.05, 4.69) is 20.6 Å². The van der Waals surface area contributed by atoms with E-state index in [1.54, 1.807) is 10.9 Å². The molecule has 5 nitrogen and oxygen atoms in total. The number of anilines is 3. The van der Waals surface area contributed by atoms with Crippen molar-refractivity contribution in [2.24, 2.45) is 0 Å². The first-order valence-electron chi connectivity index (χ1n) is 8.09. The molecule has 0 aliphatic carbocycles. The van der Waals surface area contributed by atoms with Crippen molar-refractivity contribution in [2.45, 2.75) is 0 Å². The van der Waals surface area contributed by atoms with Crippen molar-refractivity contribution < 1.29 is 4.79 Å². The summed E-state index contributed by atoms with van der Waals surface area (Å²) in [6, 6.07) is 21.7. The molecule has 0 aliphatic rings. The molecule has 2 heterocycles. The molecule has 0 radical (unpaired) electrons.